The fraction of sp³-hybridized carbons (Fsp3) is 0.286. The Kier molecular flexibility index (Phi) is 4.62. The van der Waals surface area contributed by atoms with Gasteiger partial charge in [-0.1, -0.05) is 18.2 Å². The summed E-state index contributed by atoms with van der Waals surface area (Å²) in [6.07, 6.45) is -1.00. The summed E-state index contributed by atoms with van der Waals surface area (Å²) >= 11 is 0. The zero-order chi connectivity index (χ0) is 15.3. The summed E-state index contributed by atoms with van der Waals surface area (Å²) in [5, 5.41) is 2.95. The monoisotopic (exact) mass is 297 g/mol. The van der Waals surface area contributed by atoms with E-state index in [9.17, 15) is 13.2 Å². The van der Waals surface area contributed by atoms with Crippen LogP contribution in [0.4, 0.5) is 19.1 Å². The van der Waals surface area contributed by atoms with Crippen LogP contribution in [-0.2, 0) is 6.42 Å². The minimum atomic E-state index is -4.69. The Morgan fingerprint density at radius 1 is 1.14 bits per heavy atom. The molecular formula is C14H14F3N3O. The molecule has 21 heavy (non-hydrogen) atoms. The number of anilines is 1. The normalized spacial score (nSPS) is 11.2. The van der Waals surface area contributed by atoms with Gasteiger partial charge in [0.05, 0.1) is 0 Å². The molecule has 0 aliphatic carbocycles. The van der Waals surface area contributed by atoms with E-state index in [1.54, 1.807) is 24.5 Å². The number of nitrogens with zero attached hydrogens (tertiary/aromatic N) is 2. The molecule has 1 heterocycles. The van der Waals surface area contributed by atoms with E-state index in [0.717, 1.165) is 5.56 Å². The Balaban J connectivity index is 1.95. The molecule has 0 atom stereocenters. The van der Waals surface area contributed by atoms with E-state index in [4.69, 9.17) is 0 Å². The van der Waals surface area contributed by atoms with Crippen LogP contribution in [0.25, 0.3) is 0 Å². The Morgan fingerprint density at radius 3 is 2.48 bits per heavy atom. The largest absolute Gasteiger partial charge is 0.573 e. The number of ether oxygens (including phenoxy) is 1. The van der Waals surface area contributed by atoms with E-state index in [1.165, 1.54) is 12.1 Å². The molecule has 0 unspecified atom stereocenters. The predicted octanol–water partition coefficient (Wildman–Crippen LogP) is 3.34. The van der Waals surface area contributed by atoms with Crippen LogP contribution in [0.15, 0.2) is 36.7 Å². The summed E-state index contributed by atoms with van der Waals surface area (Å²) in [5.41, 5.74) is 1.40. The first kappa shape index (κ1) is 15.1. The lowest BCUT2D eigenvalue weighted by molar-refractivity contribution is -0.274. The van der Waals surface area contributed by atoms with E-state index in [2.05, 4.69) is 20.0 Å². The summed E-state index contributed by atoms with van der Waals surface area (Å²) in [6, 6.07) is 6.06. The van der Waals surface area contributed by atoms with Crippen molar-refractivity contribution in [2.24, 2.45) is 0 Å². The third-order valence-corrected chi connectivity index (χ3v) is 2.66. The lowest BCUT2D eigenvalue weighted by Gasteiger charge is -2.13. The van der Waals surface area contributed by atoms with Crippen molar-refractivity contribution < 1.29 is 17.9 Å². The Labute approximate surface area is 120 Å². The molecule has 7 heteroatoms. The van der Waals surface area contributed by atoms with Crippen molar-refractivity contribution in [3.8, 4) is 5.75 Å². The smallest absolute Gasteiger partial charge is 0.406 e. The van der Waals surface area contributed by atoms with E-state index >= 15 is 0 Å². The van der Waals surface area contributed by atoms with E-state index in [-0.39, 0.29) is 5.75 Å². The fourth-order valence-electron chi connectivity index (χ4n) is 1.73. The van der Waals surface area contributed by atoms with Gasteiger partial charge in [-0.05, 0) is 30.5 Å². The molecule has 0 radical (unpaired) electrons. The zero-order valence-electron chi connectivity index (χ0n) is 11.3. The van der Waals surface area contributed by atoms with Crippen LogP contribution in [0, 0.1) is 6.92 Å². The molecule has 0 fully saturated rings. The molecule has 0 saturated carbocycles. The number of hydrogen-bond acceptors (Lipinski definition) is 4. The Bertz CT molecular complexity index is 585. The van der Waals surface area contributed by atoms with Gasteiger partial charge in [-0.15, -0.1) is 13.2 Å². The average molecular weight is 297 g/mol. The predicted molar refractivity (Wildman–Crippen MR) is 72.1 cm³/mol. The number of aryl methyl sites for hydroxylation is 1. The maximum atomic E-state index is 12.3. The highest BCUT2D eigenvalue weighted by atomic mass is 19.4. The minimum Gasteiger partial charge on any atom is -0.406 e. The molecule has 0 spiro atoms. The number of halogens is 3. The van der Waals surface area contributed by atoms with Crippen LogP contribution in [0.5, 0.6) is 5.75 Å². The molecular weight excluding hydrogens is 283 g/mol. The molecule has 4 nitrogen and oxygen atoms in total. The molecule has 112 valence electrons. The fourth-order valence-corrected chi connectivity index (χ4v) is 1.73. The van der Waals surface area contributed by atoms with Crippen molar-refractivity contribution in [3.05, 3.63) is 47.8 Å². The highest BCUT2D eigenvalue weighted by molar-refractivity contribution is 5.34. The zero-order valence-corrected chi connectivity index (χ0v) is 11.3. The maximum Gasteiger partial charge on any atom is 0.573 e. The molecule has 2 aromatic rings. The van der Waals surface area contributed by atoms with E-state index in [0.29, 0.717) is 24.5 Å². The summed E-state index contributed by atoms with van der Waals surface area (Å²) < 4.78 is 40.9. The molecule has 0 amide bonds. The number of hydrogen-bond donors (Lipinski definition) is 1. The number of nitrogens with one attached hydrogen (secondary N) is 1. The van der Waals surface area contributed by atoms with Gasteiger partial charge in [-0.3, -0.25) is 0 Å². The van der Waals surface area contributed by atoms with Gasteiger partial charge in [0.25, 0.3) is 0 Å². The van der Waals surface area contributed by atoms with Crippen LogP contribution in [0.1, 0.15) is 11.1 Å². The number of para-hydroxylation sites is 1. The Morgan fingerprint density at radius 2 is 1.81 bits per heavy atom. The SMILES string of the molecule is Cc1cnc(NCCc2ccccc2OC(F)(F)F)nc1. The number of alkyl halides is 3. The molecule has 0 aliphatic heterocycles. The molecule has 1 aromatic carbocycles. The molecule has 1 N–H and O–H groups in total. The molecule has 2 rings (SSSR count). The second kappa shape index (κ2) is 6.43. The summed E-state index contributed by atoms with van der Waals surface area (Å²) in [7, 11) is 0. The standard InChI is InChI=1S/C14H14F3N3O/c1-10-8-19-13(20-9-10)18-7-6-11-4-2-3-5-12(11)21-14(15,16)17/h2-5,8-9H,6-7H2,1H3,(H,18,19,20). The van der Waals surface area contributed by atoms with Gasteiger partial charge in [0.15, 0.2) is 0 Å². The van der Waals surface area contributed by atoms with Crippen LogP contribution in [0.3, 0.4) is 0 Å². The van der Waals surface area contributed by atoms with Gasteiger partial charge >= 0.3 is 6.36 Å². The topological polar surface area (TPSA) is 47.0 Å². The van der Waals surface area contributed by atoms with Gasteiger partial charge in [-0.25, -0.2) is 9.97 Å². The van der Waals surface area contributed by atoms with Crippen molar-refractivity contribution in [1.82, 2.24) is 9.97 Å². The summed E-state index contributed by atoms with van der Waals surface area (Å²) in [5.74, 6) is 0.256. The van der Waals surface area contributed by atoms with Crippen molar-refractivity contribution >= 4 is 5.95 Å². The van der Waals surface area contributed by atoms with E-state index in [1.807, 2.05) is 6.92 Å². The molecule has 1 aromatic heterocycles. The summed E-state index contributed by atoms with van der Waals surface area (Å²) in [6.45, 7) is 2.27. The Hall–Kier alpha value is -2.31. The number of aromatic nitrogens is 2. The third kappa shape index (κ3) is 4.94. The van der Waals surface area contributed by atoms with Gasteiger partial charge in [-0.2, -0.15) is 0 Å². The van der Waals surface area contributed by atoms with Gasteiger partial charge in [0.1, 0.15) is 5.75 Å². The van der Waals surface area contributed by atoms with E-state index < -0.39 is 6.36 Å². The minimum absolute atomic E-state index is 0.184. The first-order chi connectivity index (χ1) is 9.94. The maximum absolute atomic E-state index is 12.3. The van der Waals surface area contributed by atoms with Crippen molar-refractivity contribution in [3.63, 3.8) is 0 Å². The highest BCUT2D eigenvalue weighted by Gasteiger charge is 2.31. The quantitative estimate of drug-likeness (QED) is 0.919. The molecule has 0 aliphatic rings. The van der Waals surface area contributed by atoms with Crippen LogP contribution >= 0.6 is 0 Å². The second-order valence-electron chi connectivity index (χ2n) is 4.42. The summed E-state index contributed by atoms with van der Waals surface area (Å²) in [4.78, 5) is 8.12. The lowest BCUT2D eigenvalue weighted by Crippen LogP contribution is -2.18. The number of benzene rings is 1. The van der Waals surface area contributed by atoms with Gasteiger partial charge < -0.3 is 10.1 Å². The lowest BCUT2D eigenvalue weighted by atomic mass is 10.1. The first-order valence-corrected chi connectivity index (χ1v) is 6.30. The van der Waals surface area contributed by atoms with Crippen molar-refractivity contribution in [1.29, 1.82) is 0 Å². The molecule has 0 saturated heterocycles. The van der Waals surface area contributed by atoms with Crippen molar-refractivity contribution in [2.45, 2.75) is 19.7 Å². The van der Waals surface area contributed by atoms with Crippen LogP contribution in [0.2, 0.25) is 0 Å². The third-order valence-electron chi connectivity index (χ3n) is 2.66. The molecule has 0 bridgehead atoms. The van der Waals surface area contributed by atoms with Crippen molar-refractivity contribution in [2.75, 3.05) is 11.9 Å². The van der Waals surface area contributed by atoms with Crippen LogP contribution < -0.4 is 10.1 Å². The van der Waals surface area contributed by atoms with Gasteiger partial charge in [0, 0.05) is 18.9 Å². The van der Waals surface area contributed by atoms with Gasteiger partial charge in [0.2, 0.25) is 5.95 Å². The average Bonchev–Trinajstić information content (AvgIpc) is 2.41. The highest BCUT2D eigenvalue weighted by Crippen LogP contribution is 2.26. The van der Waals surface area contributed by atoms with Crippen LogP contribution in [-0.4, -0.2) is 22.9 Å². The second-order valence-corrected chi connectivity index (χ2v) is 4.42. The number of rotatable bonds is 5. The first-order valence-electron chi connectivity index (χ1n) is 6.30.